The molecule has 1 aliphatic heterocycles. The van der Waals surface area contributed by atoms with Gasteiger partial charge in [0.15, 0.2) is 0 Å². The Morgan fingerprint density at radius 1 is 1.11 bits per heavy atom. The Kier molecular flexibility index (Phi) is 5.29. The van der Waals surface area contributed by atoms with E-state index in [4.69, 9.17) is 4.74 Å². The highest BCUT2D eigenvalue weighted by molar-refractivity contribution is 7.92. The summed E-state index contributed by atoms with van der Waals surface area (Å²) in [7, 11) is -4.49. The third-order valence-electron chi connectivity index (χ3n) is 4.02. The van der Waals surface area contributed by atoms with E-state index in [1.165, 1.54) is 12.1 Å². The number of carbonyl (C=O) groups is 1. The molecule has 0 spiro atoms. The molecule has 1 heterocycles. The van der Waals surface area contributed by atoms with Gasteiger partial charge >= 0.3 is 5.97 Å². The summed E-state index contributed by atoms with van der Waals surface area (Å²) < 4.78 is 59.9. The van der Waals surface area contributed by atoms with Crippen molar-refractivity contribution in [2.75, 3.05) is 35.9 Å². The minimum atomic E-state index is -4.49. The van der Waals surface area contributed by atoms with Gasteiger partial charge in [0.05, 0.1) is 30.2 Å². The van der Waals surface area contributed by atoms with Crippen LogP contribution >= 0.6 is 0 Å². The maximum atomic E-state index is 13.9. The van der Waals surface area contributed by atoms with Gasteiger partial charge in [0.1, 0.15) is 16.5 Å². The molecule has 0 aliphatic carbocycles. The van der Waals surface area contributed by atoms with Gasteiger partial charge in [0, 0.05) is 13.1 Å². The second-order valence-electron chi connectivity index (χ2n) is 5.82. The summed E-state index contributed by atoms with van der Waals surface area (Å²) in [6.07, 6.45) is 0. The molecule has 0 saturated carbocycles. The first-order chi connectivity index (χ1) is 12.8. The number of ether oxygens (including phenoxy) is 1. The fourth-order valence-corrected chi connectivity index (χ4v) is 3.87. The average molecular weight is 398 g/mol. The number of halogens is 2. The Balaban J connectivity index is 2.04. The molecule has 1 saturated heterocycles. The largest absolute Gasteiger partial charge is 0.478 e. The van der Waals surface area contributed by atoms with Gasteiger partial charge in [0.25, 0.3) is 10.0 Å². The molecule has 0 radical (unpaired) electrons. The van der Waals surface area contributed by atoms with E-state index in [1.54, 1.807) is 0 Å². The Morgan fingerprint density at radius 2 is 1.81 bits per heavy atom. The van der Waals surface area contributed by atoms with Crippen LogP contribution in [-0.2, 0) is 14.8 Å². The van der Waals surface area contributed by atoms with Crippen LogP contribution in [0.25, 0.3) is 0 Å². The molecular formula is C17H16F2N2O5S. The van der Waals surface area contributed by atoms with Crippen molar-refractivity contribution < 1.29 is 31.8 Å². The van der Waals surface area contributed by atoms with Gasteiger partial charge in [0.2, 0.25) is 0 Å². The molecule has 0 atom stereocenters. The van der Waals surface area contributed by atoms with Crippen LogP contribution in [0.5, 0.6) is 0 Å². The van der Waals surface area contributed by atoms with Gasteiger partial charge in [-0.2, -0.15) is 0 Å². The van der Waals surface area contributed by atoms with E-state index < -0.39 is 32.5 Å². The van der Waals surface area contributed by atoms with Gasteiger partial charge in [-0.15, -0.1) is 0 Å². The third kappa shape index (κ3) is 4.17. The molecule has 2 aromatic carbocycles. The van der Waals surface area contributed by atoms with E-state index in [-0.39, 0.29) is 11.3 Å². The van der Waals surface area contributed by atoms with Crippen molar-refractivity contribution in [3.63, 3.8) is 0 Å². The predicted molar refractivity (Wildman–Crippen MR) is 93.6 cm³/mol. The molecule has 0 unspecified atom stereocenters. The zero-order chi connectivity index (χ0) is 19.6. The van der Waals surface area contributed by atoms with Crippen molar-refractivity contribution in [2.24, 2.45) is 0 Å². The minimum Gasteiger partial charge on any atom is -0.478 e. The van der Waals surface area contributed by atoms with Crippen molar-refractivity contribution in [2.45, 2.75) is 4.90 Å². The maximum absolute atomic E-state index is 13.9. The van der Waals surface area contributed by atoms with Gasteiger partial charge in [-0.25, -0.2) is 22.0 Å². The first kappa shape index (κ1) is 19.1. The number of carboxylic acids is 1. The fourth-order valence-electron chi connectivity index (χ4n) is 2.71. The standard InChI is InChI=1S/C17H16F2N2O5S/c18-12-2-3-13(19)16(10-12)27(24,25)20-14-9-11(17(22)23)1-4-15(14)21-5-7-26-8-6-21/h1-4,9-10,20H,5-8H2,(H,22,23). The van der Waals surface area contributed by atoms with Crippen LogP contribution < -0.4 is 9.62 Å². The lowest BCUT2D eigenvalue weighted by Gasteiger charge is -2.30. The molecule has 1 fully saturated rings. The van der Waals surface area contributed by atoms with Crippen LogP contribution in [0.2, 0.25) is 0 Å². The highest BCUT2D eigenvalue weighted by Gasteiger charge is 2.24. The van der Waals surface area contributed by atoms with Crippen LogP contribution in [0.15, 0.2) is 41.3 Å². The lowest BCUT2D eigenvalue weighted by Crippen LogP contribution is -2.36. The van der Waals surface area contributed by atoms with Crippen molar-refractivity contribution in [3.8, 4) is 0 Å². The predicted octanol–water partition coefficient (Wildman–Crippen LogP) is 2.30. The molecular weight excluding hydrogens is 382 g/mol. The van der Waals surface area contributed by atoms with Crippen LogP contribution in [-0.4, -0.2) is 45.8 Å². The van der Waals surface area contributed by atoms with Crippen LogP contribution in [0, 0.1) is 11.6 Å². The SMILES string of the molecule is O=C(O)c1ccc(N2CCOCC2)c(NS(=O)(=O)c2cc(F)ccc2F)c1. The van der Waals surface area contributed by atoms with Gasteiger partial charge in [-0.3, -0.25) is 4.72 Å². The van der Waals surface area contributed by atoms with Crippen molar-refractivity contribution >= 4 is 27.4 Å². The second kappa shape index (κ2) is 7.49. The summed E-state index contributed by atoms with van der Waals surface area (Å²) in [6.45, 7) is 1.78. The van der Waals surface area contributed by atoms with Crippen LogP contribution in [0.1, 0.15) is 10.4 Å². The van der Waals surface area contributed by atoms with Crippen molar-refractivity contribution in [1.82, 2.24) is 0 Å². The number of rotatable bonds is 5. The first-order valence-electron chi connectivity index (χ1n) is 7.96. The number of nitrogens with one attached hydrogen (secondary N) is 1. The Hall–Kier alpha value is -2.72. The summed E-state index contributed by atoms with van der Waals surface area (Å²) in [6, 6.07) is 6.02. The number of morpholine rings is 1. The molecule has 3 rings (SSSR count). The number of hydrogen-bond donors (Lipinski definition) is 2. The van der Waals surface area contributed by atoms with Crippen molar-refractivity contribution in [3.05, 3.63) is 53.6 Å². The molecule has 10 heteroatoms. The molecule has 2 aromatic rings. The van der Waals surface area contributed by atoms with Gasteiger partial charge < -0.3 is 14.7 Å². The molecule has 0 amide bonds. The quantitative estimate of drug-likeness (QED) is 0.803. The minimum absolute atomic E-state index is 0.0412. The molecule has 1 aliphatic rings. The number of nitrogens with zero attached hydrogens (tertiary/aromatic N) is 1. The van der Waals surface area contributed by atoms with E-state index in [0.29, 0.717) is 44.1 Å². The smallest absolute Gasteiger partial charge is 0.335 e. The normalized spacial score (nSPS) is 14.8. The Morgan fingerprint density at radius 3 is 2.48 bits per heavy atom. The zero-order valence-electron chi connectivity index (χ0n) is 14.0. The topological polar surface area (TPSA) is 95.9 Å². The highest BCUT2D eigenvalue weighted by atomic mass is 32.2. The summed E-state index contributed by atoms with van der Waals surface area (Å²) in [5, 5.41) is 9.19. The summed E-state index contributed by atoms with van der Waals surface area (Å²) in [5.74, 6) is -3.28. The van der Waals surface area contributed by atoms with E-state index in [9.17, 15) is 27.1 Å². The highest BCUT2D eigenvalue weighted by Crippen LogP contribution is 2.31. The van der Waals surface area contributed by atoms with Crippen LogP contribution in [0.3, 0.4) is 0 Å². The number of sulfonamides is 1. The zero-order valence-corrected chi connectivity index (χ0v) is 14.8. The molecule has 0 aromatic heterocycles. The second-order valence-corrected chi connectivity index (χ2v) is 7.47. The molecule has 7 nitrogen and oxygen atoms in total. The summed E-state index contributed by atoms with van der Waals surface area (Å²) in [5.41, 5.74) is 0.230. The number of aromatic carboxylic acids is 1. The molecule has 2 N–H and O–H groups in total. The monoisotopic (exact) mass is 398 g/mol. The summed E-state index contributed by atoms with van der Waals surface area (Å²) in [4.78, 5) is 12.2. The van der Waals surface area contributed by atoms with E-state index >= 15 is 0 Å². The van der Waals surface area contributed by atoms with Crippen LogP contribution in [0.4, 0.5) is 20.2 Å². The van der Waals surface area contributed by atoms with E-state index in [2.05, 4.69) is 4.72 Å². The van der Waals surface area contributed by atoms with Gasteiger partial charge in [-0.05, 0) is 36.4 Å². The third-order valence-corrected chi connectivity index (χ3v) is 5.40. The van der Waals surface area contributed by atoms with E-state index in [1.807, 2.05) is 4.90 Å². The Labute approximate surface area is 154 Å². The number of carboxylic acid groups (broad SMARTS) is 1. The number of benzene rings is 2. The first-order valence-corrected chi connectivity index (χ1v) is 9.44. The molecule has 144 valence electrons. The summed E-state index contributed by atoms with van der Waals surface area (Å²) >= 11 is 0. The number of hydrogen-bond acceptors (Lipinski definition) is 5. The lowest BCUT2D eigenvalue weighted by atomic mass is 10.1. The average Bonchev–Trinajstić information content (AvgIpc) is 2.64. The lowest BCUT2D eigenvalue weighted by molar-refractivity contribution is 0.0697. The fraction of sp³-hybridized carbons (Fsp3) is 0.235. The van der Waals surface area contributed by atoms with Gasteiger partial charge in [-0.1, -0.05) is 0 Å². The molecule has 0 bridgehead atoms. The number of anilines is 2. The van der Waals surface area contributed by atoms with E-state index in [0.717, 1.165) is 12.1 Å². The maximum Gasteiger partial charge on any atom is 0.335 e. The molecule has 27 heavy (non-hydrogen) atoms. The Bertz CT molecular complexity index is 975. The van der Waals surface area contributed by atoms with Crippen molar-refractivity contribution in [1.29, 1.82) is 0 Å².